The van der Waals surface area contributed by atoms with Crippen molar-refractivity contribution in [3.8, 4) is 6.07 Å². The first kappa shape index (κ1) is 12.8. The van der Waals surface area contributed by atoms with Gasteiger partial charge in [-0.25, -0.2) is 9.67 Å². The van der Waals surface area contributed by atoms with Crippen LogP contribution >= 0.6 is 0 Å². The summed E-state index contributed by atoms with van der Waals surface area (Å²) in [5.41, 5.74) is 0. The Bertz CT molecular complexity index is 622. The van der Waals surface area contributed by atoms with E-state index in [1.165, 1.54) is 15.9 Å². The Morgan fingerprint density at radius 2 is 2.37 bits per heavy atom. The van der Waals surface area contributed by atoms with Gasteiger partial charge in [-0.05, 0) is 19.1 Å². The van der Waals surface area contributed by atoms with Crippen LogP contribution in [0.5, 0.6) is 0 Å². The molecule has 0 atom stereocenters. The van der Waals surface area contributed by atoms with Crippen molar-refractivity contribution in [2.45, 2.75) is 20.0 Å². The quantitative estimate of drug-likeness (QED) is 0.806. The summed E-state index contributed by atoms with van der Waals surface area (Å²) in [5, 5.41) is 12.4. The molecule has 0 aliphatic rings. The molecule has 0 aliphatic heterocycles. The third-order valence-corrected chi connectivity index (χ3v) is 2.55. The van der Waals surface area contributed by atoms with Crippen molar-refractivity contribution in [1.82, 2.24) is 19.7 Å². The molecule has 0 aromatic carbocycles. The third-order valence-electron chi connectivity index (χ3n) is 2.55. The molecule has 7 nitrogen and oxygen atoms in total. The van der Waals surface area contributed by atoms with Crippen molar-refractivity contribution >= 4 is 5.91 Å². The van der Waals surface area contributed by atoms with E-state index in [0.29, 0.717) is 6.54 Å². The van der Waals surface area contributed by atoms with Gasteiger partial charge in [0.25, 0.3) is 5.82 Å². The zero-order valence-corrected chi connectivity index (χ0v) is 10.7. The first-order valence-corrected chi connectivity index (χ1v) is 5.67. The van der Waals surface area contributed by atoms with Crippen molar-refractivity contribution in [2.75, 3.05) is 7.05 Å². The van der Waals surface area contributed by atoms with Gasteiger partial charge in [-0.1, -0.05) is 0 Å². The van der Waals surface area contributed by atoms with Crippen LogP contribution in [0.15, 0.2) is 22.9 Å². The summed E-state index contributed by atoms with van der Waals surface area (Å²) >= 11 is 0. The summed E-state index contributed by atoms with van der Waals surface area (Å²) in [6.07, 6.45) is 1.36. The minimum Gasteiger partial charge on any atom is -0.464 e. The maximum absolute atomic E-state index is 11.9. The molecule has 0 bridgehead atoms. The van der Waals surface area contributed by atoms with E-state index in [1.807, 2.05) is 25.1 Å². The van der Waals surface area contributed by atoms with E-state index in [1.54, 1.807) is 7.05 Å². The van der Waals surface area contributed by atoms with E-state index in [0.717, 1.165) is 11.5 Å². The monoisotopic (exact) mass is 259 g/mol. The zero-order valence-electron chi connectivity index (χ0n) is 10.7. The predicted octanol–water partition coefficient (Wildman–Crippen LogP) is 0.710. The number of likely N-dealkylation sites (N-methyl/N-ethyl adjacent to an activating group) is 1. The molecule has 0 aliphatic carbocycles. The Morgan fingerprint density at radius 3 is 2.95 bits per heavy atom. The second-order valence-corrected chi connectivity index (χ2v) is 4.14. The topological polar surface area (TPSA) is 88.0 Å². The van der Waals surface area contributed by atoms with Crippen LogP contribution in [-0.4, -0.2) is 32.6 Å². The highest BCUT2D eigenvalue weighted by Crippen LogP contribution is 2.08. The lowest BCUT2D eigenvalue weighted by Gasteiger charge is -2.15. The summed E-state index contributed by atoms with van der Waals surface area (Å²) in [6.45, 7) is 2.29. The number of furan rings is 1. The molecule has 0 saturated heterocycles. The Labute approximate surface area is 110 Å². The average molecular weight is 259 g/mol. The van der Waals surface area contributed by atoms with E-state index < -0.39 is 0 Å². The van der Waals surface area contributed by atoms with Crippen molar-refractivity contribution in [2.24, 2.45) is 0 Å². The lowest BCUT2D eigenvalue weighted by Crippen LogP contribution is -2.29. The first-order valence-electron chi connectivity index (χ1n) is 5.67. The van der Waals surface area contributed by atoms with E-state index >= 15 is 0 Å². The van der Waals surface area contributed by atoms with E-state index in [9.17, 15) is 4.79 Å². The number of hydrogen-bond acceptors (Lipinski definition) is 5. The molecule has 0 spiro atoms. The van der Waals surface area contributed by atoms with Gasteiger partial charge in [-0.3, -0.25) is 4.79 Å². The molecule has 1 amide bonds. The molecule has 0 unspecified atom stereocenters. The fraction of sp³-hybridized carbons (Fsp3) is 0.333. The number of aromatic nitrogens is 3. The summed E-state index contributed by atoms with van der Waals surface area (Å²) in [7, 11) is 1.68. The average Bonchev–Trinajstić information content (AvgIpc) is 2.98. The Kier molecular flexibility index (Phi) is 3.61. The first-order chi connectivity index (χ1) is 9.08. The summed E-state index contributed by atoms with van der Waals surface area (Å²) < 4.78 is 6.74. The van der Waals surface area contributed by atoms with Crippen LogP contribution in [0.1, 0.15) is 17.3 Å². The van der Waals surface area contributed by atoms with Gasteiger partial charge < -0.3 is 9.32 Å². The van der Waals surface area contributed by atoms with Gasteiger partial charge in [0.2, 0.25) is 5.91 Å². The van der Waals surface area contributed by atoms with Crippen LogP contribution in [0, 0.1) is 18.3 Å². The minimum absolute atomic E-state index is 0.0465. The van der Waals surface area contributed by atoms with Crippen LogP contribution in [0.25, 0.3) is 0 Å². The number of rotatable bonds is 4. The standard InChI is InChI=1S/C12H13N5O2/c1-9-3-4-10(19-9)6-16(2)12(18)7-17-8-14-11(5-13)15-17/h3-4,8H,6-7H2,1-2H3. The van der Waals surface area contributed by atoms with Crippen LogP contribution in [0.2, 0.25) is 0 Å². The van der Waals surface area contributed by atoms with Gasteiger partial charge in [0.15, 0.2) is 0 Å². The summed E-state index contributed by atoms with van der Waals surface area (Å²) in [4.78, 5) is 17.2. The molecule has 2 rings (SSSR count). The number of aryl methyl sites for hydroxylation is 1. The number of carbonyl (C=O) groups excluding carboxylic acids is 1. The highest BCUT2D eigenvalue weighted by atomic mass is 16.3. The third kappa shape index (κ3) is 3.19. The maximum Gasteiger partial charge on any atom is 0.252 e. The van der Waals surface area contributed by atoms with E-state index in [4.69, 9.17) is 9.68 Å². The van der Waals surface area contributed by atoms with Gasteiger partial charge in [0.05, 0.1) is 6.54 Å². The van der Waals surface area contributed by atoms with Crippen LogP contribution in [0.4, 0.5) is 0 Å². The van der Waals surface area contributed by atoms with Gasteiger partial charge in [-0.2, -0.15) is 5.26 Å². The molecule has 98 valence electrons. The highest BCUT2D eigenvalue weighted by molar-refractivity contribution is 5.75. The molecular weight excluding hydrogens is 246 g/mol. The predicted molar refractivity (Wildman–Crippen MR) is 64.7 cm³/mol. The lowest BCUT2D eigenvalue weighted by atomic mass is 10.4. The summed E-state index contributed by atoms with van der Waals surface area (Å²) in [6, 6.07) is 5.50. The van der Waals surface area contributed by atoms with Crippen LogP contribution < -0.4 is 0 Å². The van der Waals surface area contributed by atoms with Crippen LogP contribution in [0.3, 0.4) is 0 Å². The number of carbonyl (C=O) groups is 1. The van der Waals surface area contributed by atoms with E-state index in [-0.39, 0.29) is 18.3 Å². The fourth-order valence-corrected chi connectivity index (χ4v) is 1.57. The van der Waals surface area contributed by atoms with Gasteiger partial charge in [0.1, 0.15) is 30.5 Å². The molecule has 19 heavy (non-hydrogen) atoms. The normalized spacial score (nSPS) is 10.2. The SMILES string of the molecule is Cc1ccc(CN(C)C(=O)Cn2cnc(C#N)n2)o1. The highest BCUT2D eigenvalue weighted by Gasteiger charge is 2.12. The Hall–Kier alpha value is -2.62. The number of hydrogen-bond donors (Lipinski definition) is 0. The second-order valence-electron chi connectivity index (χ2n) is 4.14. The summed E-state index contributed by atoms with van der Waals surface area (Å²) in [5.74, 6) is 1.45. The van der Waals surface area contributed by atoms with Crippen molar-refractivity contribution in [1.29, 1.82) is 5.26 Å². The van der Waals surface area contributed by atoms with Crippen molar-refractivity contribution < 1.29 is 9.21 Å². The number of amides is 1. The molecule has 2 aromatic heterocycles. The molecule has 2 aromatic rings. The number of nitrogens with zero attached hydrogens (tertiary/aromatic N) is 5. The fourth-order valence-electron chi connectivity index (χ4n) is 1.57. The van der Waals surface area contributed by atoms with Gasteiger partial charge in [0, 0.05) is 7.05 Å². The Balaban J connectivity index is 1.94. The smallest absolute Gasteiger partial charge is 0.252 e. The van der Waals surface area contributed by atoms with Crippen LogP contribution in [-0.2, 0) is 17.9 Å². The molecule has 0 fully saturated rings. The van der Waals surface area contributed by atoms with E-state index in [2.05, 4.69) is 10.1 Å². The molecule has 0 radical (unpaired) electrons. The van der Waals surface area contributed by atoms with Gasteiger partial charge >= 0.3 is 0 Å². The maximum atomic E-state index is 11.9. The zero-order chi connectivity index (χ0) is 13.8. The van der Waals surface area contributed by atoms with Gasteiger partial charge in [-0.15, -0.1) is 5.10 Å². The lowest BCUT2D eigenvalue weighted by molar-refractivity contribution is -0.131. The molecule has 7 heteroatoms. The molecule has 0 saturated carbocycles. The minimum atomic E-state index is -0.136. The second kappa shape index (κ2) is 5.35. The molecular formula is C12H13N5O2. The van der Waals surface area contributed by atoms with Crippen molar-refractivity contribution in [3.05, 3.63) is 35.8 Å². The van der Waals surface area contributed by atoms with Crippen molar-refractivity contribution in [3.63, 3.8) is 0 Å². The molecule has 2 heterocycles. The number of nitriles is 1. The molecule has 0 N–H and O–H groups in total. The largest absolute Gasteiger partial charge is 0.464 e. The Morgan fingerprint density at radius 1 is 1.58 bits per heavy atom.